The maximum absolute atomic E-state index is 5.68. The van der Waals surface area contributed by atoms with Crippen molar-refractivity contribution in [2.24, 2.45) is 0 Å². The van der Waals surface area contributed by atoms with Crippen molar-refractivity contribution in [2.45, 2.75) is 25.7 Å². The van der Waals surface area contributed by atoms with Crippen molar-refractivity contribution in [1.82, 2.24) is 0 Å². The number of anilines is 2. The number of ether oxygens (including phenoxy) is 1. The summed E-state index contributed by atoms with van der Waals surface area (Å²) >= 11 is 0. The Bertz CT molecular complexity index is 470. The average molecular weight is 284 g/mol. The summed E-state index contributed by atoms with van der Waals surface area (Å²) in [5, 5.41) is 0. The second kappa shape index (κ2) is 8.32. The zero-order valence-corrected chi connectivity index (χ0v) is 12.4. The fourth-order valence-electron chi connectivity index (χ4n) is 2.23. The molecule has 2 rings (SSSR count). The summed E-state index contributed by atoms with van der Waals surface area (Å²) in [6, 6.07) is 16.1. The van der Waals surface area contributed by atoms with Gasteiger partial charge in [0.25, 0.3) is 0 Å². The van der Waals surface area contributed by atoms with E-state index in [1.54, 1.807) is 0 Å². The molecular formula is C18H24N2O. The van der Waals surface area contributed by atoms with E-state index in [9.17, 15) is 0 Å². The predicted octanol–water partition coefficient (Wildman–Crippen LogP) is 3.43. The van der Waals surface area contributed by atoms with Crippen LogP contribution in [0.5, 0.6) is 0 Å². The van der Waals surface area contributed by atoms with Crippen molar-refractivity contribution in [3.05, 3.63) is 59.7 Å². The Morgan fingerprint density at radius 2 is 1.00 bits per heavy atom. The van der Waals surface area contributed by atoms with Gasteiger partial charge in [0, 0.05) is 24.6 Å². The first-order valence-corrected chi connectivity index (χ1v) is 7.50. The van der Waals surface area contributed by atoms with Gasteiger partial charge in [-0.3, -0.25) is 0 Å². The van der Waals surface area contributed by atoms with Crippen LogP contribution in [0.25, 0.3) is 0 Å². The van der Waals surface area contributed by atoms with Gasteiger partial charge in [0.15, 0.2) is 0 Å². The molecule has 0 amide bonds. The van der Waals surface area contributed by atoms with Gasteiger partial charge in [0.1, 0.15) is 0 Å². The third-order valence-electron chi connectivity index (χ3n) is 3.47. The lowest BCUT2D eigenvalue weighted by Gasteiger charge is -2.05. The van der Waals surface area contributed by atoms with Crippen molar-refractivity contribution in [3.63, 3.8) is 0 Å². The van der Waals surface area contributed by atoms with Gasteiger partial charge in [0.05, 0.1) is 0 Å². The first-order valence-electron chi connectivity index (χ1n) is 7.50. The SMILES string of the molecule is Nc1ccc(CCCOCCCc2ccc(N)cc2)cc1. The second-order valence-corrected chi connectivity index (χ2v) is 5.30. The number of hydrogen-bond acceptors (Lipinski definition) is 3. The summed E-state index contributed by atoms with van der Waals surface area (Å²) in [5.41, 5.74) is 15.6. The molecule has 0 aliphatic rings. The Morgan fingerprint density at radius 3 is 1.38 bits per heavy atom. The van der Waals surface area contributed by atoms with Crippen LogP contribution in [0.15, 0.2) is 48.5 Å². The molecule has 0 aliphatic carbocycles. The van der Waals surface area contributed by atoms with E-state index in [0.717, 1.165) is 50.3 Å². The van der Waals surface area contributed by atoms with Crippen LogP contribution in [-0.4, -0.2) is 13.2 Å². The Hall–Kier alpha value is -2.00. The van der Waals surface area contributed by atoms with E-state index < -0.39 is 0 Å². The molecule has 3 heteroatoms. The van der Waals surface area contributed by atoms with E-state index in [0.29, 0.717) is 0 Å². The standard InChI is InChI=1S/C18H24N2O/c19-17-9-5-15(6-10-17)3-1-13-21-14-2-4-16-7-11-18(20)12-8-16/h5-12H,1-4,13-14,19-20H2. The Morgan fingerprint density at radius 1 is 0.619 bits per heavy atom. The van der Waals surface area contributed by atoms with Crippen LogP contribution in [0.1, 0.15) is 24.0 Å². The van der Waals surface area contributed by atoms with Crippen LogP contribution >= 0.6 is 0 Å². The zero-order valence-electron chi connectivity index (χ0n) is 12.4. The molecule has 0 heterocycles. The molecule has 0 unspecified atom stereocenters. The van der Waals surface area contributed by atoms with Gasteiger partial charge in [-0.1, -0.05) is 24.3 Å². The highest BCUT2D eigenvalue weighted by Gasteiger charge is 1.96. The Balaban J connectivity index is 1.52. The minimum atomic E-state index is 0.812. The van der Waals surface area contributed by atoms with Crippen LogP contribution in [0.4, 0.5) is 11.4 Å². The Kier molecular flexibility index (Phi) is 6.10. The molecule has 0 radical (unpaired) electrons. The fraction of sp³-hybridized carbons (Fsp3) is 0.333. The minimum absolute atomic E-state index is 0.812. The number of aryl methyl sites for hydroxylation is 2. The van der Waals surface area contributed by atoms with E-state index in [1.807, 2.05) is 24.3 Å². The van der Waals surface area contributed by atoms with Crippen LogP contribution < -0.4 is 11.5 Å². The monoisotopic (exact) mass is 284 g/mol. The molecule has 0 fully saturated rings. The third-order valence-corrected chi connectivity index (χ3v) is 3.47. The summed E-state index contributed by atoms with van der Waals surface area (Å²) in [4.78, 5) is 0. The lowest BCUT2D eigenvalue weighted by molar-refractivity contribution is 0.130. The van der Waals surface area contributed by atoms with E-state index in [-0.39, 0.29) is 0 Å². The highest BCUT2D eigenvalue weighted by atomic mass is 16.5. The molecule has 21 heavy (non-hydrogen) atoms. The zero-order chi connectivity index (χ0) is 14.9. The predicted molar refractivity (Wildman–Crippen MR) is 89.2 cm³/mol. The number of nitrogen functional groups attached to an aromatic ring is 2. The van der Waals surface area contributed by atoms with E-state index >= 15 is 0 Å². The van der Waals surface area contributed by atoms with Crippen molar-refractivity contribution in [2.75, 3.05) is 24.7 Å². The molecule has 0 spiro atoms. The molecule has 3 nitrogen and oxygen atoms in total. The molecule has 2 aromatic carbocycles. The lowest BCUT2D eigenvalue weighted by atomic mass is 10.1. The van der Waals surface area contributed by atoms with Crippen LogP contribution in [0.3, 0.4) is 0 Å². The molecule has 112 valence electrons. The molecule has 0 aromatic heterocycles. The average Bonchev–Trinajstić information content (AvgIpc) is 2.50. The maximum atomic E-state index is 5.68. The molecule has 0 aliphatic heterocycles. The summed E-state index contributed by atoms with van der Waals surface area (Å²) in [5.74, 6) is 0. The fourth-order valence-corrected chi connectivity index (χ4v) is 2.23. The summed E-state index contributed by atoms with van der Waals surface area (Å²) in [6.07, 6.45) is 4.17. The first-order chi connectivity index (χ1) is 10.2. The third kappa shape index (κ3) is 5.88. The normalized spacial score (nSPS) is 10.7. The van der Waals surface area contributed by atoms with E-state index in [4.69, 9.17) is 16.2 Å². The molecule has 0 bridgehead atoms. The summed E-state index contributed by atoms with van der Waals surface area (Å²) in [6.45, 7) is 1.62. The number of nitrogens with two attached hydrogens (primary N) is 2. The molecular weight excluding hydrogens is 260 g/mol. The molecule has 0 atom stereocenters. The van der Waals surface area contributed by atoms with Crippen molar-refractivity contribution < 1.29 is 4.74 Å². The molecule has 0 saturated carbocycles. The lowest BCUT2D eigenvalue weighted by Crippen LogP contribution is -2.00. The molecule has 4 N–H and O–H groups in total. The quantitative estimate of drug-likeness (QED) is 0.576. The van der Waals surface area contributed by atoms with Crippen LogP contribution in [-0.2, 0) is 17.6 Å². The minimum Gasteiger partial charge on any atom is -0.399 e. The summed E-state index contributed by atoms with van der Waals surface area (Å²) < 4.78 is 5.68. The van der Waals surface area contributed by atoms with Gasteiger partial charge in [-0.05, 0) is 61.1 Å². The van der Waals surface area contributed by atoms with Crippen molar-refractivity contribution >= 4 is 11.4 Å². The Labute approximate surface area is 126 Å². The molecule has 2 aromatic rings. The van der Waals surface area contributed by atoms with Gasteiger partial charge in [-0.25, -0.2) is 0 Å². The van der Waals surface area contributed by atoms with Crippen LogP contribution in [0, 0.1) is 0 Å². The largest absolute Gasteiger partial charge is 0.399 e. The van der Waals surface area contributed by atoms with Gasteiger partial charge < -0.3 is 16.2 Å². The second-order valence-electron chi connectivity index (χ2n) is 5.30. The van der Waals surface area contributed by atoms with Crippen molar-refractivity contribution in [1.29, 1.82) is 0 Å². The van der Waals surface area contributed by atoms with Gasteiger partial charge in [-0.2, -0.15) is 0 Å². The number of benzene rings is 2. The smallest absolute Gasteiger partial charge is 0.0469 e. The number of rotatable bonds is 8. The first kappa shape index (κ1) is 15.4. The van der Waals surface area contributed by atoms with E-state index in [2.05, 4.69) is 24.3 Å². The summed E-state index contributed by atoms with van der Waals surface area (Å²) in [7, 11) is 0. The van der Waals surface area contributed by atoms with Crippen LogP contribution in [0.2, 0.25) is 0 Å². The van der Waals surface area contributed by atoms with Crippen molar-refractivity contribution in [3.8, 4) is 0 Å². The maximum Gasteiger partial charge on any atom is 0.0469 e. The van der Waals surface area contributed by atoms with Gasteiger partial charge in [-0.15, -0.1) is 0 Å². The highest BCUT2D eigenvalue weighted by molar-refractivity contribution is 5.39. The van der Waals surface area contributed by atoms with E-state index in [1.165, 1.54) is 11.1 Å². The number of hydrogen-bond donors (Lipinski definition) is 2. The molecule has 0 saturated heterocycles. The van der Waals surface area contributed by atoms with Gasteiger partial charge in [0.2, 0.25) is 0 Å². The highest BCUT2D eigenvalue weighted by Crippen LogP contribution is 2.09. The van der Waals surface area contributed by atoms with Gasteiger partial charge >= 0.3 is 0 Å². The topological polar surface area (TPSA) is 61.3 Å².